The van der Waals surface area contributed by atoms with Gasteiger partial charge in [0.1, 0.15) is 5.75 Å². The molecular formula is C15H17N3O2. The predicted molar refractivity (Wildman–Crippen MR) is 76.3 cm³/mol. The molecule has 0 aliphatic heterocycles. The van der Waals surface area contributed by atoms with Gasteiger partial charge in [0, 0.05) is 24.8 Å². The van der Waals surface area contributed by atoms with Gasteiger partial charge in [-0.3, -0.25) is 9.78 Å². The number of aromatic hydroxyl groups is 1. The second-order valence-electron chi connectivity index (χ2n) is 4.41. The van der Waals surface area contributed by atoms with Crippen molar-refractivity contribution in [3.63, 3.8) is 0 Å². The average Bonchev–Trinajstić information content (AvgIpc) is 2.49. The van der Waals surface area contributed by atoms with Crippen LogP contribution in [0.1, 0.15) is 21.6 Å². The number of phenols is 1. The number of hydrogen-bond acceptors (Lipinski definition) is 4. The van der Waals surface area contributed by atoms with Crippen LogP contribution in [0, 0.1) is 0 Å². The molecule has 1 heterocycles. The largest absolute Gasteiger partial charge is 0.508 e. The van der Waals surface area contributed by atoms with Gasteiger partial charge in [-0.25, -0.2) is 0 Å². The lowest BCUT2D eigenvalue weighted by molar-refractivity contribution is 0.0954. The van der Waals surface area contributed by atoms with E-state index in [2.05, 4.69) is 10.3 Å². The van der Waals surface area contributed by atoms with E-state index in [1.54, 1.807) is 30.5 Å². The first-order chi connectivity index (χ1) is 9.69. The molecule has 0 radical (unpaired) electrons. The van der Waals surface area contributed by atoms with Gasteiger partial charge in [0.25, 0.3) is 5.91 Å². The standard InChI is InChI=1S/C15H17N3O2/c16-10-13-9-12(6-8-17-13)15(20)18-7-5-11-1-3-14(19)4-2-11/h1-4,6,8-9,19H,5,7,10,16H2,(H,18,20). The minimum atomic E-state index is -0.138. The summed E-state index contributed by atoms with van der Waals surface area (Å²) in [6.45, 7) is 0.846. The molecule has 2 aromatic rings. The Morgan fingerprint density at radius 1 is 1.25 bits per heavy atom. The molecule has 104 valence electrons. The molecule has 0 fully saturated rings. The molecule has 0 saturated heterocycles. The van der Waals surface area contributed by atoms with Gasteiger partial charge in [0.15, 0.2) is 0 Å². The van der Waals surface area contributed by atoms with Crippen LogP contribution in [0.2, 0.25) is 0 Å². The molecule has 0 spiro atoms. The molecule has 0 aliphatic rings. The van der Waals surface area contributed by atoms with Gasteiger partial charge in [-0.1, -0.05) is 12.1 Å². The fourth-order valence-electron chi connectivity index (χ4n) is 1.82. The molecule has 2 rings (SSSR count). The Bertz CT molecular complexity index is 582. The van der Waals surface area contributed by atoms with Gasteiger partial charge in [-0.05, 0) is 36.2 Å². The van der Waals surface area contributed by atoms with E-state index in [0.29, 0.717) is 30.8 Å². The van der Waals surface area contributed by atoms with E-state index in [-0.39, 0.29) is 11.7 Å². The first kappa shape index (κ1) is 14.0. The predicted octanol–water partition coefficient (Wildman–Crippen LogP) is 1.22. The Morgan fingerprint density at radius 3 is 2.70 bits per heavy atom. The lowest BCUT2D eigenvalue weighted by Gasteiger charge is -2.06. The number of carbonyl (C=O) groups is 1. The van der Waals surface area contributed by atoms with Crippen molar-refractivity contribution in [2.75, 3.05) is 6.54 Å². The van der Waals surface area contributed by atoms with E-state index in [9.17, 15) is 9.90 Å². The second-order valence-corrected chi connectivity index (χ2v) is 4.41. The molecule has 0 bridgehead atoms. The zero-order valence-electron chi connectivity index (χ0n) is 11.0. The highest BCUT2D eigenvalue weighted by atomic mass is 16.3. The molecule has 0 aliphatic carbocycles. The third-order valence-electron chi connectivity index (χ3n) is 2.92. The summed E-state index contributed by atoms with van der Waals surface area (Å²) in [5.74, 6) is 0.102. The molecule has 20 heavy (non-hydrogen) atoms. The molecule has 1 amide bonds. The third-order valence-corrected chi connectivity index (χ3v) is 2.92. The van der Waals surface area contributed by atoms with Crippen molar-refractivity contribution in [1.29, 1.82) is 0 Å². The van der Waals surface area contributed by atoms with Crippen LogP contribution in [0.5, 0.6) is 5.75 Å². The zero-order valence-corrected chi connectivity index (χ0v) is 11.0. The Hall–Kier alpha value is -2.40. The molecule has 4 N–H and O–H groups in total. The minimum Gasteiger partial charge on any atom is -0.508 e. The van der Waals surface area contributed by atoms with Crippen LogP contribution in [0.4, 0.5) is 0 Å². The van der Waals surface area contributed by atoms with E-state index < -0.39 is 0 Å². The summed E-state index contributed by atoms with van der Waals surface area (Å²) in [6.07, 6.45) is 2.29. The van der Waals surface area contributed by atoms with E-state index in [1.807, 2.05) is 12.1 Å². The van der Waals surface area contributed by atoms with Gasteiger partial charge in [0.2, 0.25) is 0 Å². The maximum atomic E-state index is 11.9. The monoisotopic (exact) mass is 271 g/mol. The lowest BCUT2D eigenvalue weighted by Crippen LogP contribution is -2.26. The zero-order chi connectivity index (χ0) is 14.4. The maximum Gasteiger partial charge on any atom is 0.251 e. The number of nitrogens with one attached hydrogen (secondary N) is 1. The first-order valence-corrected chi connectivity index (χ1v) is 6.40. The number of nitrogens with zero attached hydrogens (tertiary/aromatic N) is 1. The number of aromatic nitrogens is 1. The lowest BCUT2D eigenvalue weighted by atomic mass is 10.1. The summed E-state index contributed by atoms with van der Waals surface area (Å²) in [5.41, 5.74) is 7.80. The fraction of sp³-hybridized carbons (Fsp3) is 0.200. The van der Waals surface area contributed by atoms with Crippen LogP contribution >= 0.6 is 0 Å². The highest BCUT2D eigenvalue weighted by Crippen LogP contribution is 2.09. The van der Waals surface area contributed by atoms with Gasteiger partial charge >= 0.3 is 0 Å². The molecule has 5 heteroatoms. The number of phenolic OH excluding ortho intramolecular Hbond substituents is 1. The first-order valence-electron chi connectivity index (χ1n) is 6.40. The second kappa shape index (κ2) is 6.68. The van der Waals surface area contributed by atoms with Crippen LogP contribution < -0.4 is 11.1 Å². The van der Waals surface area contributed by atoms with Crippen molar-refractivity contribution in [2.45, 2.75) is 13.0 Å². The SMILES string of the molecule is NCc1cc(C(=O)NCCc2ccc(O)cc2)ccn1. The van der Waals surface area contributed by atoms with E-state index in [1.165, 1.54) is 0 Å². The molecule has 0 atom stereocenters. The Morgan fingerprint density at radius 2 is 2.00 bits per heavy atom. The topological polar surface area (TPSA) is 88.2 Å². The van der Waals surface area contributed by atoms with Crippen molar-refractivity contribution in [3.05, 3.63) is 59.4 Å². The van der Waals surface area contributed by atoms with E-state index >= 15 is 0 Å². The smallest absolute Gasteiger partial charge is 0.251 e. The molecule has 5 nitrogen and oxygen atoms in total. The summed E-state index contributed by atoms with van der Waals surface area (Å²) in [7, 11) is 0. The summed E-state index contributed by atoms with van der Waals surface area (Å²) in [4.78, 5) is 16.0. The van der Waals surface area contributed by atoms with E-state index in [0.717, 1.165) is 5.56 Å². The van der Waals surface area contributed by atoms with E-state index in [4.69, 9.17) is 5.73 Å². The number of carbonyl (C=O) groups excluding carboxylic acids is 1. The van der Waals surface area contributed by atoms with Crippen LogP contribution in [0.15, 0.2) is 42.6 Å². The van der Waals surface area contributed by atoms with Gasteiger partial charge in [-0.15, -0.1) is 0 Å². The van der Waals surface area contributed by atoms with Crippen molar-refractivity contribution in [2.24, 2.45) is 5.73 Å². The number of pyridine rings is 1. The number of hydrogen-bond donors (Lipinski definition) is 3. The minimum absolute atomic E-state index is 0.138. The van der Waals surface area contributed by atoms with Gasteiger partial charge < -0.3 is 16.2 Å². The van der Waals surface area contributed by atoms with Crippen molar-refractivity contribution in [3.8, 4) is 5.75 Å². The van der Waals surface area contributed by atoms with Crippen molar-refractivity contribution in [1.82, 2.24) is 10.3 Å². The molecule has 1 aromatic carbocycles. The average molecular weight is 271 g/mol. The molecular weight excluding hydrogens is 254 g/mol. The summed E-state index contributed by atoms with van der Waals surface area (Å²) < 4.78 is 0. The number of rotatable bonds is 5. The van der Waals surface area contributed by atoms with Gasteiger partial charge in [-0.2, -0.15) is 0 Å². The molecule has 1 aromatic heterocycles. The molecule has 0 unspecified atom stereocenters. The highest BCUT2D eigenvalue weighted by molar-refractivity contribution is 5.94. The quantitative estimate of drug-likeness (QED) is 0.763. The number of nitrogens with two attached hydrogens (primary N) is 1. The van der Waals surface area contributed by atoms with Gasteiger partial charge in [0.05, 0.1) is 5.69 Å². The third kappa shape index (κ3) is 3.80. The van der Waals surface area contributed by atoms with Crippen LogP contribution in [0.25, 0.3) is 0 Å². The Labute approximate surface area is 117 Å². The van der Waals surface area contributed by atoms with Crippen molar-refractivity contribution < 1.29 is 9.90 Å². The highest BCUT2D eigenvalue weighted by Gasteiger charge is 2.05. The van der Waals surface area contributed by atoms with Crippen molar-refractivity contribution >= 4 is 5.91 Å². The summed E-state index contributed by atoms with van der Waals surface area (Å²) >= 11 is 0. The fourth-order valence-corrected chi connectivity index (χ4v) is 1.82. The number of benzene rings is 1. The normalized spacial score (nSPS) is 10.2. The molecule has 0 saturated carbocycles. The van der Waals surface area contributed by atoms with Crippen LogP contribution in [-0.4, -0.2) is 22.5 Å². The number of amides is 1. The summed E-state index contributed by atoms with van der Waals surface area (Å²) in [5, 5.41) is 12.0. The Kier molecular flexibility index (Phi) is 4.68. The Balaban J connectivity index is 1.87. The van der Waals surface area contributed by atoms with Crippen LogP contribution in [-0.2, 0) is 13.0 Å². The summed E-state index contributed by atoms with van der Waals surface area (Å²) in [6, 6.07) is 10.3. The maximum absolute atomic E-state index is 11.9. The van der Waals surface area contributed by atoms with Crippen LogP contribution in [0.3, 0.4) is 0 Å².